The van der Waals surface area contributed by atoms with E-state index in [4.69, 9.17) is 10.5 Å². The molecule has 128 valence electrons. The number of nitrogens with one attached hydrogen (secondary N) is 1. The molecule has 23 heavy (non-hydrogen) atoms. The molecule has 1 aromatic carbocycles. The molecule has 3 unspecified atom stereocenters. The van der Waals surface area contributed by atoms with Crippen LogP contribution in [0, 0.1) is 5.92 Å². The lowest BCUT2D eigenvalue weighted by Gasteiger charge is -2.25. The van der Waals surface area contributed by atoms with Crippen LogP contribution in [-0.4, -0.2) is 35.6 Å². The van der Waals surface area contributed by atoms with Gasteiger partial charge in [-0.15, -0.1) is 0 Å². The molecule has 3 atom stereocenters. The maximum atomic E-state index is 12.3. The smallest absolute Gasteiger partial charge is 0.227 e. The predicted molar refractivity (Wildman–Crippen MR) is 93.6 cm³/mol. The van der Waals surface area contributed by atoms with E-state index in [1.165, 1.54) is 0 Å². The van der Waals surface area contributed by atoms with Gasteiger partial charge in [0.1, 0.15) is 0 Å². The third-order valence-corrected chi connectivity index (χ3v) is 5.40. The maximum Gasteiger partial charge on any atom is 0.227 e. The number of benzene rings is 1. The summed E-state index contributed by atoms with van der Waals surface area (Å²) in [6, 6.07) is 7.70. The molecular weight excluding hydrogens is 312 g/mol. The zero-order valence-electron chi connectivity index (χ0n) is 13.6. The van der Waals surface area contributed by atoms with Crippen LogP contribution in [0.5, 0.6) is 0 Å². The number of anilines is 1. The Morgan fingerprint density at radius 2 is 2.26 bits per heavy atom. The fourth-order valence-electron chi connectivity index (χ4n) is 2.88. The van der Waals surface area contributed by atoms with Crippen molar-refractivity contribution in [2.45, 2.75) is 37.5 Å². The highest BCUT2D eigenvalue weighted by atomic mass is 32.2. The fraction of sp³-hybridized carbons (Fsp3) is 0.588. The van der Waals surface area contributed by atoms with Crippen LogP contribution in [0.25, 0.3) is 0 Å². The van der Waals surface area contributed by atoms with Crippen LogP contribution in [0.15, 0.2) is 24.3 Å². The summed E-state index contributed by atoms with van der Waals surface area (Å²) in [7, 11) is 0.647. The van der Waals surface area contributed by atoms with Crippen LogP contribution >= 0.6 is 0 Å². The molecule has 1 aliphatic rings. The van der Waals surface area contributed by atoms with Gasteiger partial charge in [0, 0.05) is 47.1 Å². The lowest BCUT2D eigenvalue weighted by Crippen LogP contribution is -2.34. The van der Waals surface area contributed by atoms with E-state index in [-0.39, 0.29) is 17.9 Å². The van der Waals surface area contributed by atoms with E-state index < -0.39 is 10.8 Å². The third-order valence-electron chi connectivity index (χ3n) is 4.12. The van der Waals surface area contributed by atoms with Gasteiger partial charge in [-0.05, 0) is 37.0 Å². The summed E-state index contributed by atoms with van der Waals surface area (Å²) in [6.45, 7) is 0.491. The van der Waals surface area contributed by atoms with Crippen molar-refractivity contribution in [3.8, 4) is 0 Å². The van der Waals surface area contributed by atoms with Gasteiger partial charge in [-0.2, -0.15) is 0 Å². The molecule has 1 aliphatic carbocycles. The number of carbonyl (C=O) groups is 1. The Morgan fingerprint density at radius 3 is 3.00 bits per heavy atom. The molecule has 1 aromatic rings. The van der Waals surface area contributed by atoms with Crippen LogP contribution in [0.4, 0.5) is 5.69 Å². The highest BCUT2D eigenvalue weighted by Crippen LogP contribution is 2.24. The van der Waals surface area contributed by atoms with E-state index in [0.717, 1.165) is 36.9 Å². The van der Waals surface area contributed by atoms with Crippen molar-refractivity contribution in [1.29, 1.82) is 0 Å². The molecule has 1 amide bonds. The second-order valence-corrected chi connectivity index (χ2v) is 7.67. The van der Waals surface area contributed by atoms with Gasteiger partial charge in [-0.25, -0.2) is 0 Å². The van der Waals surface area contributed by atoms with Crippen molar-refractivity contribution in [1.82, 2.24) is 0 Å². The number of hydrogen-bond donors (Lipinski definition) is 2. The minimum Gasteiger partial charge on any atom is -0.384 e. The number of hydrogen-bond acceptors (Lipinski definition) is 4. The van der Waals surface area contributed by atoms with Crippen molar-refractivity contribution in [3.63, 3.8) is 0 Å². The van der Waals surface area contributed by atoms with Crippen molar-refractivity contribution in [3.05, 3.63) is 29.8 Å². The molecule has 0 heterocycles. The molecule has 3 N–H and O–H groups in total. The molecule has 0 aliphatic heterocycles. The standard InChI is InChI=1S/C17H26N2O3S/c1-22-8-9-23(21)12-13-4-2-7-16(10-13)19-17(20)14-5-3-6-15(18)11-14/h2,4,7,10,14-15H,3,5-6,8-9,11-12,18H2,1H3,(H,19,20). The monoisotopic (exact) mass is 338 g/mol. The van der Waals surface area contributed by atoms with Gasteiger partial charge in [-0.1, -0.05) is 18.6 Å². The number of rotatable bonds is 7. The molecule has 1 fully saturated rings. The van der Waals surface area contributed by atoms with Crippen LogP contribution in [-0.2, 0) is 26.1 Å². The van der Waals surface area contributed by atoms with Gasteiger partial charge in [0.2, 0.25) is 5.91 Å². The summed E-state index contributed by atoms with van der Waals surface area (Å²) in [6.07, 6.45) is 3.68. The van der Waals surface area contributed by atoms with E-state index >= 15 is 0 Å². The Hall–Kier alpha value is -1.24. The highest BCUT2D eigenvalue weighted by Gasteiger charge is 2.25. The first kappa shape index (κ1) is 18.1. The number of methoxy groups -OCH3 is 1. The van der Waals surface area contributed by atoms with Crippen LogP contribution in [0.3, 0.4) is 0 Å². The Labute approximate surface area is 140 Å². The predicted octanol–water partition coefficient (Wildman–Crippen LogP) is 2.04. The first-order chi connectivity index (χ1) is 11.1. The van der Waals surface area contributed by atoms with Gasteiger partial charge in [0.15, 0.2) is 0 Å². The SMILES string of the molecule is COCCS(=O)Cc1cccc(NC(=O)C2CCCC(N)C2)c1. The van der Waals surface area contributed by atoms with E-state index in [1.807, 2.05) is 24.3 Å². The summed E-state index contributed by atoms with van der Waals surface area (Å²) in [5.41, 5.74) is 7.67. The van der Waals surface area contributed by atoms with Crippen LogP contribution in [0.1, 0.15) is 31.2 Å². The first-order valence-electron chi connectivity index (χ1n) is 8.07. The first-order valence-corrected chi connectivity index (χ1v) is 9.56. The largest absolute Gasteiger partial charge is 0.384 e. The molecule has 0 spiro atoms. The second-order valence-electron chi connectivity index (χ2n) is 6.09. The van der Waals surface area contributed by atoms with Crippen LogP contribution < -0.4 is 11.1 Å². The van der Waals surface area contributed by atoms with Gasteiger partial charge in [0.05, 0.1) is 6.61 Å². The van der Waals surface area contributed by atoms with Crippen molar-refractivity contribution in [2.75, 3.05) is 24.8 Å². The molecule has 5 nitrogen and oxygen atoms in total. The summed E-state index contributed by atoms with van der Waals surface area (Å²) in [5.74, 6) is 1.03. The molecule has 1 saturated carbocycles. The Morgan fingerprint density at radius 1 is 1.43 bits per heavy atom. The average molecular weight is 338 g/mol. The van der Waals surface area contributed by atoms with E-state index in [1.54, 1.807) is 7.11 Å². The van der Waals surface area contributed by atoms with E-state index in [0.29, 0.717) is 18.1 Å². The zero-order valence-corrected chi connectivity index (χ0v) is 14.4. The molecule has 0 aromatic heterocycles. The fourth-order valence-corrected chi connectivity index (χ4v) is 3.93. The summed E-state index contributed by atoms with van der Waals surface area (Å²) in [5, 5.41) is 2.97. The lowest BCUT2D eigenvalue weighted by molar-refractivity contribution is -0.120. The molecule has 0 saturated heterocycles. The van der Waals surface area contributed by atoms with Gasteiger partial charge in [-0.3, -0.25) is 9.00 Å². The van der Waals surface area contributed by atoms with Crippen LogP contribution in [0.2, 0.25) is 0 Å². The minimum atomic E-state index is -0.955. The summed E-state index contributed by atoms with van der Waals surface area (Å²) < 4.78 is 16.9. The summed E-state index contributed by atoms with van der Waals surface area (Å²) in [4.78, 5) is 12.3. The average Bonchev–Trinajstić information content (AvgIpc) is 2.53. The zero-order chi connectivity index (χ0) is 16.7. The van der Waals surface area contributed by atoms with Gasteiger partial charge >= 0.3 is 0 Å². The minimum absolute atomic E-state index is 0.00163. The second kappa shape index (κ2) is 9.15. The lowest BCUT2D eigenvalue weighted by atomic mass is 9.85. The Kier molecular flexibility index (Phi) is 7.20. The molecule has 0 radical (unpaired) electrons. The molecule has 0 bridgehead atoms. The van der Waals surface area contributed by atoms with E-state index in [9.17, 15) is 9.00 Å². The quantitative estimate of drug-likeness (QED) is 0.797. The number of nitrogens with two attached hydrogens (primary N) is 1. The highest BCUT2D eigenvalue weighted by molar-refractivity contribution is 7.84. The van der Waals surface area contributed by atoms with Gasteiger partial charge in [0.25, 0.3) is 0 Å². The number of amides is 1. The van der Waals surface area contributed by atoms with Crippen molar-refractivity contribution in [2.24, 2.45) is 11.7 Å². The topological polar surface area (TPSA) is 81.4 Å². The van der Waals surface area contributed by atoms with Crippen molar-refractivity contribution >= 4 is 22.4 Å². The molecular formula is C17H26N2O3S. The number of carbonyl (C=O) groups excluding carboxylic acids is 1. The third kappa shape index (κ3) is 6.05. The molecule has 6 heteroatoms. The Bertz CT molecular complexity index is 550. The maximum absolute atomic E-state index is 12.3. The molecule has 2 rings (SSSR count). The summed E-state index contributed by atoms with van der Waals surface area (Å²) >= 11 is 0. The normalized spacial score (nSPS) is 22.5. The number of ether oxygens (including phenoxy) is 1. The van der Waals surface area contributed by atoms with Crippen molar-refractivity contribution < 1.29 is 13.7 Å². The van der Waals surface area contributed by atoms with E-state index in [2.05, 4.69) is 5.32 Å². The Balaban J connectivity index is 1.91. The van der Waals surface area contributed by atoms with Gasteiger partial charge < -0.3 is 15.8 Å².